The second-order valence-electron chi connectivity index (χ2n) is 6.11. The third-order valence-corrected chi connectivity index (χ3v) is 4.79. The number of hydrogen-bond acceptors (Lipinski definition) is 2. The Morgan fingerprint density at radius 2 is 1.75 bits per heavy atom. The second-order valence-corrected chi connectivity index (χ2v) is 6.11. The molecule has 1 aliphatic carbocycles. The summed E-state index contributed by atoms with van der Waals surface area (Å²) in [5.74, 6) is 2.54. The van der Waals surface area contributed by atoms with Gasteiger partial charge in [0.2, 0.25) is 0 Å². The third-order valence-electron chi connectivity index (χ3n) is 4.79. The largest absolute Gasteiger partial charge is 0.330 e. The Bertz CT molecular complexity index is 207. The lowest BCUT2D eigenvalue weighted by molar-refractivity contribution is 0.0367. The van der Waals surface area contributed by atoms with E-state index >= 15 is 0 Å². The highest BCUT2D eigenvalue weighted by molar-refractivity contribution is 4.88. The van der Waals surface area contributed by atoms with E-state index in [1.54, 1.807) is 0 Å². The predicted octanol–water partition coefficient (Wildman–Crippen LogP) is 2.48. The molecule has 1 saturated heterocycles. The van der Waals surface area contributed by atoms with Crippen LogP contribution in [0.5, 0.6) is 0 Å². The second kappa shape index (κ2) is 5.50. The zero-order chi connectivity index (χ0) is 11.5. The summed E-state index contributed by atoms with van der Waals surface area (Å²) in [5.41, 5.74) is 5.84. The summed E-state index contributed by atoms with van der Waals surface area (Å²) in [6, 6.07) is 0.836. The average Bonchev–Trinajstić information content (AvgIpc) is 2.29. The Balaban J connectivity index is 1.98. The molecule has 1 aliphatic heterocycles. The molecule has 2 fully saturated rings. The molecule has 0 spiro atoms. The van der Waals surface area contributed by atoms with E-state index in [1.807, 2.05) is 0 Å². The summed E-state index contributed by atoms with van der Waals surface area (Å²) >= 11 is 0. The zero-order valence-corrected chi connectivity index (χ0v) is 11.0. The van der Waals surface area contributed by atoms with Gasteiger partial charge in [0.1, 0.15) is 0 Å². The molecule has 16 heavy (non-hydrogen) atoms. The molecule has 0 radical (unpaired) electrons. The number of likely N-dealkylation sites (tertiary alicyclic amines) is 1. The van der Waals surface area contributed by atoms with Gasteiger partial charge >= 0.3 is 0 Å². The Hall–Kier alpha value is -0.0800. The molecule has 2 N–H and O–H groups in total. The van der Waals surface area contributed by atoms with Crippen molar-refractivity contribution in [3.63, 3.8) is 0 Å². The highest BCUT2D eigenvalue weighted by Gasteiger charge is 2.34. The van der Waals surface area contributed by atoms with Crippen LogP contribution in [0.3, 0.4) is 0 Å². The van der Waals surface area contributed by atoms with Crippen molar-refractivity contribution in [3.05, 3.63) is 0 Å². The summed E-state index contributed by atoms with van der Waals surface area (Å²) in [5, 5.41) is 0. The van der Waals surface area contributed by atoms with E-state index in [-0.39, 0.29) is 0 Å². The SMILES string of the molecule is CC1CCCC(C)C1N1CCCC(CN)C1. The Morgan fingerprint density at radius 1 is 1.06 bits per heavy atom. The molecule has 0 aromatic heterocycles. The van der Waals surface area contributed by atoms with Crippen LogP contribution in [0, 0.1) is 17.8 Å². The first-order chi connectivity index (χ1) is 7.72. The molecule has 2 rings (SSSR count). The summed E-state index contributed by atoms with van der Waals surface area (Å²) in [6.07, 6.45) is 7.00. The van der Waals surface area contributed by atoms with Crippen molar-refractivity contribution >= 4 is 0 Å². The molecule has 0 bridgehead atoms. The van der Waals surface area contributed by atoms with Crippen LogP contribution in [-0.2, 0) is 0 Å². The number of nitrogens with zero attached hydrogens (tertiary/aromatic N) is 1. The fourth-order valence-corrected chi connectivity index (χ4v) is 3.94. The van der Waals surface area contributed by atoms with E-state index < -0.39 is 0 Å². The molecule has 3 atom stereocenters. The zero-order valence-electron chi connectivity index (χ0n) is 11.0. The summed E-state index contributed by atoms with van der Waals surface area (Å²) < 4.78 is 0. The van der Waals surface area contributed by atoms with Gasteiger partial charge < -0.3 is 5.73 Å². The smallest absolute Gasteiger partial charge is 0.0147 e. The maximum atomic E-state index is 5.84. The molecular weight excluding hydrogens is 196 g/mol. The monoisotopic (exact) mass is 224 g/mol. The third kappa shape index (κ3) is 2.60. The van der Waals surface area contributed by atoms with Crippen molar-refractivity contribution in [2.45, 2.75) is 52.0 Å². The van der Waals surface area contributed by atoms with E-state index in [0.717, 1.165) is 30.3 Å². The van der Waals surface area contributed by atoms with Crippen LogP contribution in [-0.4, -0.2) is 30.6 Å². The first kappa shape index (κ1) is 12.4. The minimum Gasteiger partial charge on any atom is -0.330 e. The Labute approximate surface area is 101 Å². The van der Waals surface area contributed by atoms with Gasteiger partial charge in [-0.25, -0.2) is 0 Å². The lowest BCUT2D eigenvalue weighted by Gasteiger charge is -2.46. The van der Waals surface area contributed by atoms with Crippen LogP contribution in [0.15, 0.2) is 0 Å². The number of piperidine rings is 1. The lowest BCUT2D eigenvalue weighted by Crippen LogP contribution is -2.51. The summed E-state index contributed by atoms with van der Waals surface area (Å²) in [6.45, 7) is 8.36. The molecule has 94 valence electrons. The molecule has 2 aliphatic rings. The van der Waals surface area contributed by atoms with Crippen molar-refractivity contribution in [1.82, 2.24) is 4.90 Å². The topological polar surface area (TPSA) is 29.3 Å². The fraction of sp³-hybridized carbons (Fsp3) is 1.00. The van der Waals surface area contributed by atoms with E-state index in [4.69, 9.17) is 5.73 Å². The normalized spacial score (nSPS) is 42.2. The van der Waals surface area contributed by atoms with Gasteiger partial charge in [0.25, 0.3) is 0 Å². The van der Waals surface area contributed by atoms with Gasteiger partial charge in [-0.05, 0) is 56.5 Å². The standard InChI is InChI=1S/C14H28N2/c1-11-5-3-6-12(2)14(11)16-8-4-7-13(9-15)10-16/h11-14H,3-10,15H2,1-2H3. The highest BCUT2D eigenvalue weighted by Crippen LogP contribution is 2.34. The average molecular weight is 224 g/mol. The predicted molar refractivity (Wildman–Crippen MR) is 69.3 cm³/mol. The van der Waals surface area contributed by atoms with Crippen molar-refractivity contribution < 1.29 is 0 Å². The molecule has 0 amide bonds. The molecular formula is C14H28N2. The molecule has 3 unspecified atom stereocenters. The van der Waals surface area contributed by atoms with Crippen LogP contribution in [0.1, 0.15) is 46.0 Å². The van der Waals surface area contributed by atoms with E-state index in [9.17, 15) is 0 Å². The Kier molecular flexibility index (Phi) is 4.26. The van der Waals surface area contributed by atoms with Crippen LogP contribution >= 0.6 is 0 Å². The van der Waals surface area contributed by atoms with Gasteiger partial charge in [0.05, 0.1) is 0 Å². The minimum absolute atomic E-state index is 0.759. The minimum atomic E-state index is 0.759. The van der Waals surface area contributed by atoms with Gasteiger partial charge in [0, 0.05) is 12.6 Å². The van der Waals surface area contributed by atoms with Crippen LogP contribution in [0.2, 0.25) is 0 Å². The molecule has 1 heterocycles. The molecule has 0 aromatic carbocycles. The van der Waals surface area contributed by atoms with Gasteiger partial charge in [-0.1, -0.05) is 20.3 Å². The van der Waals surface area contributed by atoms with E-state index in [2.05, 4.69) is 18.7 Å². The fourth-order valence-electron chi connectivity index (χ4n) is 3.94. The molecule has 0 aromatic rings. The van der Waals surface area contributed by atoms with Crippen molar-refractivity contribution in [3.8, 4) is 0 Å². The van der Waals surface area contributed by atoms with Gasteiger partial charge in [-0.3, -0.25) is 4.90 Å². The first-order valence-corrected chi connectivity index (χ1v) is 7.16. The molecule has 1 saturated carbocycles. The lowest BCUT2D eigenvalue weighted by atomic mass is 9.77. The molecule has 2 nitrogen and oxygen atoms in total. The first-order valence-electron chi connectivity index (χ1n) is 7.16. The van der Waals surface area contributed by atoms with Crippen molar-refractivity contribution in [2.75, 3.05) is 19.6 Å². The van der Waals surface area contributed by atoms with E-state index in [0.29, 0.717) is 0 Å². The maximum Gasteiger partial charge on any atom is 0.0147 e. The van der Waals surface area contributed by atoms with Crippen molar-refractivity contribution in [2.24, 2.45) is 23.5 Å². The quantitative estimate of drug-likeness (QED) is 0.781. The van der Waals surface area contributed by atoms with Crippen molar-refractivity contribution in [1.29, 1.82) is 0 Å². The van der Waals surface area contributed by atoms with Gasteiger partial charge in [-0.2, -0.15) is 0 Å². The van der Waals surface area contributed by atoms with Crippen LogP contribution in [0.25, 0.3) is 0 Å². The van der Waals surface area contributed by atoms with Crippen LogP contribution in [0.4, 0.5) is 0 Å². The maximum absolute atomic E-state index is 5.84. The van der Waals surface area contributed by atoms with Gasteiger partial charge in [0.15, 0.2) is 0 Å². The Morgan fingerprint density at radius 3 is 2.38 bits per heavy atom. The number of hydrogen-bond donors (Lipinski definition) is 1. The number of rotatable bonds is 2. The summed E-state index contributed by atoms with van der Waals surface area (Å²) in [7, 11) is 0. The number of nitrogens with two attached hydrogens (primary N) is 1. The highest BCUT2D eigenvalue weighted by atomic mass is 15.2. The van der Waals surface area contributed by atoms with Crippen LogP contribution < -0.4 is 5.73 Å². The summed E-state index contributed by atoms with van der Waals surface area (Å²) in [4.78, 5) is 2.76. The van der Waals surface area contributed by atoms with E-state index in [1.165, 1.54) is 45.2 Å². The molecule has 2 heteroatoms. The van der Waals surface area contributed by atoms with Gasteiger partial charge in [-0.15, -0.1) is 0 Å².